The molecule has 0 spiro atoms. The van der Waals surface area contributed by atoms with Gasteiger partial charge in [-0.3, -0.25) is 18.9 Å². The first kappa shape index (κ1) is 15.2. The molecule has 1 amide bonds. The van der Waals surface area contributed by atoms with E-state index in [2.05, 4.69) is 11.6 Å². The number of likely N-dealkylation sites (tertiary alicyclic amines) is 1. The lowest BCUT2D eigenvalue weighted by atomic mass is 10.3. The molecule has 21 heavy (non-hydrogen) atoms. The Morgan fingerprint density at radius 1 is 1.62 bits per heavy atom. The highest BCUT2D eigenvalue weighted by molar-refractivity contribution is 5.76. The van der Waals surface area contributed by atoms with E-state index in [0.717, 1.165) is 5.56 Å². The van der Waals surface area contributed by atoms with Gasteiger partial charge in [-0.1, -0.05) is 6.58 Å². The van der Waals surface area contributed by atoms with Crippen LogP contribution in [-0.2, 0) is 11.3 Å². The van der Waals surface area contributed by atoms with E-state index in [4.69, 9.17) is 0 Å². The standard InChI is InChI=1S/C14H19FN4O2/c1-4-19-13(16-3)10(2)7-18(14(19)21)9-12(20)17-6-5-11(15)8-17/h4,7,11H,1,5-6,8-9H2,2-3H3. The van der Waals surface area contributed by atoms with Gasteiger partial charge in [-0.05, 0) is 13.3 Å². The van der Waals surface area contributed by atoms with Gasteiger partial charge in [-0.15, -0.1) is 0 Å². The minimum atomic E-state index is -0.966. The van der Waals surface area contributed by atoms with Gasteiger partial charge in [0, 0.05) is 31.6 Å². The van der Waals surface area contributed by atoms with E-state index in [9.17, 15) is 14.0 Å². The highest BCUT2D eigenvalue weighted by atomic mass is 19.1. The van der Waals surface area contributed by atoms with E-state index in [-0.39, 0.29) is 24.7 Å². The van der Waals surface area contributed by atoms with Crippen LogP contribution in [0, 0.1) is 6.92 Å². The molecule has 1 fully saturated rings. The van der Waals surface area contributed by atoms with E-state index in [1.165, 1.54) is 20.2 Å². The summed E-state index contributed by atoms with van der Waals surface area (Å²) < 4.78 is 15.7. The lowest BCUT2D eigenvalue weighted by Gasteiger charge is -2.17. The number of hydrogen-bond donors (Lipinski definition) is 0. The van der Waals surface area contributed by atoms with Crippen LogP contribution in [0.2, 0.25) is 0 Å². The van der Waals surface area contributed by atoms with Crippen molar-refractivity contribution >= 4 is 12.1 Å². The molecule has 7 heteroatoms. The molecular formula is C14H19FN4O2. The van der Waals surface area contributed by atoms with Gasteiger partial charge in [0.05, 0.1) is 6.54 Å². The van der Waals surface area contributed by atoms with Crippen molar-refractivity contribution in [2.24, 2.45) is 4.99 Å². The van der Waals surface area contributed by atoms with Crippen LogP contribution < -0.4 is 11.2 Å². The molecule has 1 aromatic rings. The quantitative estimate of drug-likeness (QED) is 0.797. The lowest BCUT2D eigenvalue weighted by molar-refractivity contribution is -0.131. The van der Waals surface area contributed by atoms with Gasteiger partial charge in [-0.2, -0.15) is 0 Å². The maximum atomic E-state index is 13.1. The van der Waals surface area contributed by atoms with Crippen molar-refractivity contribution in [2.45, 2.75) is 26.1 Å². The Morgan fingerprint density at radius 3 is 2.86 bits per heavy atom. The summed E-state index contributed by atoms with van der Waals surface area (Å²) in [6.07, 6.45) is 2.35. The fourth-order valence-corrected chi connectivity index (χ4v) is 2.52. The summed E-state index contributed by atoms with van der Waals surface area (Å²) in [5.74, 6) is -0.256. The molecule has 6 nitrogen and oxygen atoms in total. The number of halogens is 1. The second-order valence-corrected chi connectivity index (χ2v) is 5.05. The summed E-state index contributed by atoms with van der Waals surface area (Å²) in [6.45, 7) is 5.80. The fraction of sp³-hybridized carbons (Fsp3) is 0.500. The van der Waals surface area contributed by atoms with Gasteiger partial charge >= 0.3 is 5.69 Å². The third-order valence-electron chi connectivity index (χ3n) is 3.57. The first-order chi connectivity index (χ1) is 9.97. The van der Waals surface area contributed by atoms with Crippen molar-refractivity contribution in [3.63, 3.8) is 0 Å². The number of hydrogen-bond acceptors (Lipinski definition) is 3. The Labute approximate surface area is 121 Å². The number of nitrogens with zero attached hydrogens (tertiary/aromatic N) is 4. The molecule has 0 radical (unpaired) electrons. The minimum Gasteiger partial charge on any atom is -0.338 e. The molecule has 0 saturated carbocycles. The summed E-state index contributed by atoms with van der Waals surface area (Å²) in [6, 6.07) is 0. The van der Waals surface area contributed by atoms with Gasteiger partial charge in [-0.25, -0.2) is 9.18 Å². The molecule has 0 aliphatic carbocycles. The first-order valence-corrected chi connectivity index (χ1v) is 6.77. The number of carbonyl (C=O) groups is 1. The summed E-state index contributed by atoms with van der Waals surface area (Å²) in [5.41, 5.74) is 0.874. The van der Waals surface area contributed by atoms with Crippen LogP contribution >= 0.6 is 0 Å². The van der Waals surface area contributed by atoms with Crippen LogP contribution in [0.25, 0.3) is 6.20 Å². The zero-order valence-corrected chi connectivity index (χ0v) is 12.3. The van der Waals surface area contributed by atoms with E-state index >= 15 is 0 Å². The van der Waals surface area contributed by atoms with Gasteiger partial charge in [0.2, 0.25) is 5.91 Å². The maximum Gasteiger partial charge on any atom is 0.334 e. The maximum absolute atomic E-state index is 13.1. The van der Waals surface area contributed by atoms with Crippen molar-refractivity contribution in [3.05, 3.63) is 34.3 Å². The molecule has 1 saturated heterocycles. The fourth-order valence-electron chi connectivity index (χ4n) is 2.52. The molecule has 1 aromatic heterocycles. The summed E-state index contributed by atoms with van der Waals surface area (Å²) in [5, 5.41) is 0. The van der Waals surface area contributed by atoms with Crippen molar-refractivity contribution in [3.8, 4) is 0 Å². The van der Waals surface area contributed by atoms with Crippen molar-refractivity contribution < 1.29 is 9.18 Å². The van der Waals surface area contributed by atoms with E-state index < -0.39 is 6.17 Å². The highest BCUT2D eigenvalue weighted by Crippen LogP contribution is 2.12. The van der Waals surface area contributed by atoms with E-state index in [0.29, 0.717) is 18.5 Å². The molecule has 0 N–H and O–H groups in total. The molecule has 2 heterocycles. The first-order valence-electron chi connectivity index (χ1n) is 6.77. The summed E-state index contributed by atoms with van der Waals surface area (Å²) in [4.78, 5) is 29.9. The second-order valence-electron chi connectivity index (χ2n) is 5.05. The SMILES string of the molecule is C=Cn1c(=NC)c(C)cn(CC(=O)N2CCC(F)C2)c1=O. The Kier molecular flexibility index (Phi) is 4.40. The lowest BCUT2D eigenvalue weighted by Crippen LogP contribution is -2.42. The molecule has 0 bridgehead atoms. The smallest absolute Gasteiger partial charge is 0.334 e. The summed E-state index contributed by atoms with van der Waals surface area (Å²) in [7, 11) is 1.59. The van der Waals surface area contributed by atoms with Crippen molar-refractivity contribution in [1.82, 2.24) is 14.0 Å². The topological polar surface area (TPSA) is 59.6 Å². The van der Waals surface area contributed by atoms with Crippen LogP contribution in [-0.4, -0.2) is 46.3 Å². The van der Waals surface area contributed by atoms with Gasteiger partial charge < -0.3 is 4.90 Å². The van der Waals surface area contributed by atoms with Crippen LogP contribution in [0.15, 0.2) is 22.6 Å². The predicted molar refractivity (Wildman–Crippen MR) is 77.4 cm³/mol. The molecule has 114 valence electrons. The molecule has 1 atom stereocenters. The van der Waals surface area contributed by atoms with E-state index in [1.54, 1.807) is 20.2 Å². The van der Waals surface area contributed by atoms with Crippen LogP contribution in [0.5, 0.6) is 0 Å². The number of rotatable bonds is 3. The van der Waals surface area contributed by atoms with Gasteiger partial charge in [0.1, 0.15) is 18.2 Å². The molecule has 2 rings (SSSR count). The second kappa shape index (κ2) is 6.07. The normalized spacial score (nSPS) is 19.1. The monoisotopic (exact) mass is 294 g/mol. The van der Waals surface area contributed by atoms with Crippen molar-refractivity contribution in [1.29, 1.82) is 0 Å². The van der Waals surface area contributed by atoms with Gasteiger partial charge in [0.15, 0.2) is 0 Å². The number of aryl methyl sites for hydroxylation is 1. The molecular weight excluding hydrogens is 275 g/mol. The average molecular weight is 294 g/mol. The number of aromatic nitrogens is 2. The number of carbonyl (C=O) groups excluding carboxylic acids is 1. The molecule has 1 aliphatic heterocycles. The van der Waals surface area contributed by atoms with Crippen LogP contribution in [0.4, 0.5) is 4.39 Å². The molecule has 0 aromatic carbocycles. The highest BCUT2D eigenvalue weighted by Gasteiger charge is 2.26. The zero-order chi connectivity index (χ0) is 15.6. The Hall–Kier alpha value is -2.18. The minimum absolute atomic E-state index is 0.107. The average Bonchev–Trinajstić information content (AvgIpc) is 2.88. The zero-order valence-electron chi connectivity index (χ0n) is 12.3. The van der Waals surface area contributed by atoms with Crippen LogP contribution in [0.3, 0.4) is 0 Å². The Bertz CT molecular complexity index is 689. The van der Waals surface area contributed by atoms with Crippen molar-refractivity contribution in [2.75, 3.05) is 20.1 Å². The molecule has 1 unspecified atom stereocenters. The molecule has 1 aliphatic rings. The predicted octanol–water partition coefficient (Wildman–Crippen LogP) is 0.160. The van der Waals surface area contributed by atoms with Gasteiger partial charge in [0.25, 0.3) is 0 Å². The largest absolute Gasteiger partial charge is 0.338 e. The summed E-state index contributed by atoms with van der Waals surface area (Å²) >= 11 is 0. The van der Waals surface area contributed by atoms with Crippen LogP contribution in [0.1, 0.15) is 12.0 Å². The number of alkyl halides is 1. The number of amides is 1. The Morgan fingerprint density at radius 2 is 2.33 bits per heavy atom. The third-order valence-corrected chi connectivity index (χ3v) is 3.57. The third kappa shape index (κ3) is 2.96. The Balaban J connectivity index is 2.33. The van der Waals surface area contributed by atoms with E-state index in [1.807, 2.05) is 0 Å².